The van der Waals surface area contributed by atoms with E-state index in [-0.39, 0.29) is 35.6 Å². The van der Waals surface area contributed by atoms with E-state index in [1.807, 2.05) is 32.9 Å². The van der Waals surface area contributed by atoms with Crippen LogP contribution in [0.5, 0.6) is 5.75 Å². The lowest BCUT2D eigenvalue weighted by Gasteiger charge is -2.32. The zero-order valence-corrected chi connectivity index (χ0v) is 20.5. The van der Waals surface area contributed by atoms with Crippen LogP contribution in [-0.4, -0.2) is 60.1 Å². The maximum absolute atomic E-state index is 13.3. The van der Waals surface area contributed by atoms with Crippen molar-refractivity contribution in [1.29, 1.82) is 0 Å². The number of aromatic nitrogens is 1. The van der Waals surface area contributed by atoms with Crippen molar-refractivity contribution in [3.05, 3.63) is 30.0 Å². The summed E-state index contributed by atoms with van der Waals surface area (Å²) in [5, 5.41) is 8.99. The quantitative estimate of drug-likeness (QED) is 0.400. The fourth-order valence-corrected chi connectivity index (χ4v) is 4.27. The summed E-state index contributed by atoms with van der Waals surface area (Å²) in [5.74, 6) is -1.55. The van der Waals surface area contributed by atoms with Crippen LogP contribution in [0.25, 0.3) is 10.9 Å². The summed E-state index contributed by atoms with van der Waals surface area (Å²) in [6.07, 6.45) is 0.750. The number of aromatic amines is 1. The van der Waals surface area contributed by atoms with E-state index in [9.17, 15) is 19.2 Å². The fourth-order valence-electron chi connectivity index (χ4n) is 4.09. The van der Waals surface area contributed by atoms with Crippen LogP contribution in [-0.2, 0) is 14.4 Å². The molecule has 0 radical (unpaired) electrons. The molecule has 0 spiro atoms. The molecule has 10 heteroatoms. The minimum absolute atomic E-state index is 0.142. The monoisotopic (exact) mass is 490 g/mol. The Morgan fingerprint density at radius 1 is 1.24 bits per heavy atom. The second-order valence-corrected chi connectivity index (χ2v) is 9.82. The van der Waals surface area contributed by atoms with Crippen molar-refractivity contribution in [1.82, 2.24) is 20.9 Å². The topological polar surface area (TPSA) is 129 Å². The van der Waals surface area contributed by atoms with Crippen LogP contribution in [0.4, 0.5) is 0 Å². The zero-order chi connectivity index (χ0) is 25.0. The van der Waals surface area contributed by atoms with Gasteiger partial charge < -0.3 is 25.7 Å². The summed E-state index contributed by atoms with van der Waals surface area (Å²) in [7, 11) is 1.55. The van der Waals surface area contributed by atoms with E-state index < -0.39 is 29.3 Å². The number of hydrogen-bond donors (Lipinski definition) is 4. The second kappa shape index (κ2) is 10.5. The number of halogens is 1. The zero-order valence-electron chi connectivity index (χ0n) is 19.8. The van der Waals surface area contributed by atoms with Crippen molar-refractivity contribution in [2.24, 2.45) is 11.3 Å². The van der Waals surface area contributed by atoms with Gasteiger partial charge >= 0.3 is 0 Å². The molecule has 1 aromatic carbocycles. The minimum atomic E-state index is -0.948. The molecule has 1 aliphatic rings. The number of fused-ring (bicyclic) bond motifs is 1. The first-order valence-electron chi connectivity index (χ1n) is 11.2. The molecule has 4 N–H and O–H groups in total. The van der Waals surface area contributed by atoms with E-state index >= 15 is 0 Å². The maximum atomic E-state index is 13.3. The normalized spacial score (nSPS) is 17.7. The van der Waals surface area contributed by atoms with Gasteiger partial charge in [0, 0.05) is 23.4 Å². The number of ketones is 1. The molecule has 1 unspecified atom stereocenters. The molecule has 0 bridgehead atoms. The number of alkyl halides is 1. The van der Waals surface area contributed by atoms with Gasteiger partial charge in [-0.15, -0.1) is 11.6 Å². The average molecular weight is 491 g/mol. The molecule has 1 saturated heterocycles. The van der Waals surface area contributed by atoms with Crippen molar-refractivity contribution in [2.75, 3.05) is 19.5 Å². The summed E-state index contributed by atoms with van der Waals surface area (Å²) in [6.45, 7) is 5.98. The molecule has 1 fully saturated rings. The van der Waals surface area contributed by atoms with E-state index in [0.717, 1.165) is 10.9 Å². The minimum Gasteiger partial charge on any atom is -0.496 e. The molecule has 0 saturated carbocycles. The van der Waals surface area contributed by atoms with Crippen molar-refractivity contribution in [2.45, 2.75) is 45.7 Å². The van der Waals surface area contributed by atoms with Gasteiger partial charge in [0.25, 0.3) is 5.91 Å². The van der Waals surface area contributed by atoms with Gasteiger partial charge in [0.15, 0.2) is 5.78 Å². The molecular formula is C24H31ClN4O5. The van der Waals surface area contributed by atoms with E-state index in [1.54, 1.807) is 19.2 Å². The predicted molar refractivity (Wildman–Crippen MR) is 129 cm³/mol. The smallest absolute Gasteiger partial charge is 0.268 e. The number of carbonyl (C=O) groups excluding carboxylic acids is 4. The summed E-state index contributed by atoms with van der Waals surface area (Å²) in [6, 6.07) is 5.23. The number of amides is 3. The van der Waals surface area contributed by atoms with Crippen molar-refractivity contribution < 1.29 is 23.9 Å². The molecule has 3 rings (SSSR count). The van der Waals surface area contributed by atoms with Crippen molar-refractivity contribution >= 4 is 46.0 Å². The Bertz CT molecular complexity index is 1090. The Hall–Kier alpha value is -3.07. The van der Waals surface area contributed by atoms with Gasteiger partial charge in [-0.25, -0.2) is 0 Å². The second-order valence-electron chi connectivity index (χ2n) is 9.55. The van der Waals surface area contributed by atoms with E-state index in [2.05, 4.69) is 20.9 Å². The van der Waals surface area contributed by atoms with Crippen molar-refractivity contribution in [3.8, 4) is 5.75 Å². The van der Waals surface area contributed by atoms with Gasteiger partial charge in [0.2, 0.25) is 11.8 Å². The predicted octanol–water partition coefficient (Wildman–Crippen LogP) is 2.14. The molecule has 2 heterocycles. The summed E-state index contributed by atoms with van der Waals surface area (Å²) >= 11 is 5.76. The molecule has 1 aromatic heterocycles. The maximum Gasteiger partial charge on any atom is 0.268 e. The Morgan fingerprint density at radius 3 is 2.56 bits per heavy atom. The standard InChI is InChI=1S/C24H31ClN4O5/c1-24(2,3)20(23(33)28-16(18(30)12-25)10-13-8-9-26-21(13)31)29-22(32)17-11-14-15(27-17)6-5-7-19(14)34-4/h5-7,11,13,16,20,27H,8-10,12H2,1-4H3,(H,26,31)(H,28,33)(H,29,32)/t13?,16-,20+/m0/s1. The number of rotatable bonds is 9. The highest BCUT2D eigenvalue weighted by Crippen LogP contribution is 2.27. The average Bonchev–Trinajstić information content (AvgIpc) is 3.41. The Balaban J connectivity index is 1.79. The highest BCUT2D eigenvalue weighted by atomic mass is 35.5. The van der Waals surface area contributed by atoms with Gasteiger partial charge in [-0.1, -0.05) is 26.8 Å². The number of methoxy groups -OCH3 is 1. The van der Waals surface area contributed by atoms with Crippen LogP contribution in [0.15, 0.2) is 24.3 Å². The lowest BCUT2D eigenvalue weighted by molar-refractivity contribution is -0.131. The van der Waals surface area contributed by atoms with Crippen LogP contribution in [0.1, 0.15) is 44.1 Å². The molecule has 0 aliphatic carbocycles. The number of ether oxygens (including phenoxy) is 1. The van der Waals surface area contributed by atoms with Gasteiger partial charge in [-0.2, -0.15) is 0 Å². The van der Waals surface area contributed by atoms with Crippen molar-refractivity contribution in [3.63, 3.8) is 0 Å². The first-order valence-corrected chi connectivity index (χ1v) is 11.7. The number of benzene rings is 1. The highest BCUT2D eigenvalue weighted by Gasteiger charge is 2.37. The SMILES string of the molecule is COc1cccc2[nH]c(C(=O)N[C@H](C(=O)N[C@@H](CC3CCNC3=O)C(=O)CCl)C(C)(C)C)cc12. The van der Waals surface area contributed by atoms with E-state index in [0.29, 0.717) is 18.7 Å². The molecule has 184 valence electrons. The van der Waals surface area contributed by atoms with Crippen LogP contribution < -0.4 is 20.7 Å². The molecular weight excluding hydrogens is 460 g/mol. The van der Waals surface area contributed by atoms with Crippen LogP contribution in [0.3, 0.4) is 0 Å². The van der Waals surface area contributed by atoms with Gasteiger partial charge in [-0.3, -0.25) is 19.2 Å². The third-order valence-electron chi connectivity index (χ3n) is 6.01. The summed E-state index contributed by atoms with van der Waals surface area (Å²) in [5.41, 5.74) is 0.337. The third kappa shape index (κ3) is 5.70. The lowest BCUT2D eigenvalue weighted by atomic mass is 9.85. The first kappa shape index (κ1) is 25.6. The van der Waals surface area contributed by atoms with Gasteiger partial charge in [0.1, 0.15) is 17.5 Å². The summed E-state index contributed by atoms with van der Waals surface area (Å²) in [4.78, 5) is 53.8. The van der Waals surface area contributed by atoms with Gasteiger partial charge in [-0.05, 0) is 36.5 Å². The van der Waals surface area contributed by atoms with Crippen LogP contribution in [0.2, 0.25) is 0 Å². The number of hydrogen-bond acceptors (Lipinski definition) is 5. The van der Waals surface area contributed by atoms with E-state index in [1.165, 1.54) is 0 Å². The Labute approximate surface area is 203 Å². The molecule has 34 heavy (non-hydrogen) atoms. The highest BCUT2D eigenvalue weighted by molar-refractivity contribution is 6.28. The Kier molecular flexibility index (Phi) is 7.86. The van der Waals surface area contributed by atoms with E-state index in [4.69, 9.17) is 16.3 Å². The molecule has 1 aliphatic heterocycles. The van der Waals surface area contributed by atoms with Gasteiger partial charge in [0.05, 0.1) is 19.0 Å². The van der Waals surface area contributed by atoms with Crippen LogP contribution >= 0.6 is 11.6 Å². The number of H-pyrrole nitrogens is 1. The molecule has 2 aromatic rings. The van der Waals surface area contributed by atoms with Crippen LogP contribution in [0, 0.1) is 11.3 Å². The number of Topliss-reactive ketones (excluding diaryl/α,β-unsaturated/α-hetero) is 1. The number of nitrogens with one attached hydrogen (secondary N) is 4. The molecule has 3 atom stereocenters. The summed E-state index contributed by atoms with van der Waals surface area (Å²) < 4.78 is 5.35. The first-order chi connectivity index (χ1) is 16.0. The third-order valence-corrected chi connectivity index (χ3v) is 6.28. The largest absolute Gasteiger partial charge is 0.496 e. The lowest BCUT2D eigenvalue weighted by Crippen LogP contribution is -2.57. The fraction of sp³-hybridized carbons (Fsp3) is 0.500. The Morgan fingerprint density at radius 2 is 1.97 bits per heavy atom. The molecule has 3 amide bonds. The number of carbonyl (C=O) groups is 4. The molecule has 9 nitrogen and oxygen atoms in total.